The molecule has 0 spiro atoms. The molecule has 88 valence electrons. The van der Waals surface area contributed by atoms with E-state index in [9.17, 15) is 9.00 Å². The molecule has 15 heavy (non-hydrogen) atoms. The number of carbonyl (C=O) groups is 1. The second kappa shape index (κ2) is 6.41. The van der Waals surface area contributed by atoms with Crippen molar-refractivity contribution < 1.29 is 9.00 Å². The van der Waals surface area contributed by atoms with Crippen LogP contribution in [0.1, 0.15) is 46.0 Å². The standard InChI is InChI=1S/C12H22O2S/c1-3-10(2)12(13)9-15(14)8-11-6-4-5-7-11/h10-11H,3-9H2,1-2H3. The topological polar surface area (TPSA) is 34.1 Å². The highest BCUT2D eigenvalue weighted by molar-refractivity contribution is 7.85. The van der Waals surface area contributed by atoms with Crippen LogP contribution >= 0.6 is 0 Å². The van der Waals surface area contributed by atoms with Gasteiger partial charge in [0.1, 0.15) is 5.78 Å². The molecule has 0 aromatic rings. The van der Waals surface area contributed by atoms with E-state index in [0.717, 1.165) is 12.2 Å². The number of hydrogen-bond acceptors (Lipinski definition) is 2. The minimum atomic E-state index is -0.912. The van der Waals surface area contributed by atoms with Crippen LogP contribution in [0, 0.1) is 11.8 Å². The molecule has 1 rings (SSSR count). The third kappa shape index (κ3) is 4.45. The quantitative estimate of drug-likeness (QED) is 0.702. The van der Waals surface area contributed by atoms with Crippen molar-refractivity contribution >= 4 is 16.6 Å². The van der Waals surface area contributed by atoms with Crippen LogP contribution in [0.25, 0.3) is 0 Å². The lowest BCUT2D eigenvalue weighted by molar-refractivity contribution is -0.119. The Bertz CT molecular complexity index is 232. The summed E-state index contributed by atoms with van der Waals surface area (Å²) < 4.78 is 11.7. The van der Waals surface area contributed by atoms with Crippen molar-refractivity contribution in [3.8, 4) is 0 Å². The molecule has 0 heterocycles. The van der Waals surface area contributed by atoms with Gasteiger partial charge in [0.15, 0.2) is 0 Å². The fourth-order valence-electron chi connectivity index (χ4n) is 2.03. The van der Waals surface area contributed by atoms with Crippen molar-refractivity contribution in [1.82, 2.24) is 0 Å². The minimum absolute atomic E-state index is 0.0810. The maximum Gasteiger partial charge on any atom is 0.148 e. The van der Waals surface area contributed by atoms with Gasteiger partial charge in [0.2, 0.25) is 0 Å². The second-order valence-corrected chi connectivity index (χ2v) is 6.18. The van der Waals surface area contributed by atoms with Crippen LogP contribution in [0.2, 0.25) is 0 Å². The smallest absolute Gasteiger partial charge is 0.148 e. The molecule has 0 aromatic heterocycles. The molecular formula is C12H22O2S. The predicted molar refractivity (Wildman–Crippen MR) is 64.3 cm³/mol. The Morgan fingerprint density at radius 3 is 2.53 bits per heavy atom. The van der Waals surface area contributed by atoms with Gasteiger partial charge in [-0.15, -0.1) is 0 Å². The van der Waals surface area contributed by atoms with Crippen LogP contribution in [0.5, 0.6) is 0 Å². The Hall–Kier alpha value is -0.180. The van der Waals surface area contributed by atoms with E-state index < -0.39 is 10.8 Å². The van der Waals surface area contributed by atoms with Gasteiger partial charge in [-0.3, -0.25) is 9.00 Å². The molecule has 1 aliphatic carbocycles. The molecule has 2 nitrogen and oxygen atoms in total. The normalized spacial score (nSPS) is 21.5. The Balaban J connectivity index is 2.25. The van der Waals surface area contributed by atoms with Gasteiger partial charge >= 0.3 is 0 Å². The Kier molecular flexibility index (Phi) is 5.51. The van der Waals surface area contributed by atoms with Crippen molar-refractivity contribution in [3.63, 3.8) is 0 Å². The number of Topliss-reactive ketones (excluding diaryl/α,β-unsaturated/α-hetero) is 1. The molecule has 1 fully saturated rings. The fraction of sp³-hybridized carbons (Fsp3) is 0.917. The van der Waals surface area contributed by atoms with E-state index in [1.807, 2.05) is 13.8 Å². The first-order chi connectivity index (χ1) is 7.13. The first kappa shape index (κ1) is 12.9. The summed E-state index contributed by atoms with van der Waals surface area (Å²) in [5.74, 6) is 1.91. The molecule has 2 atom stereocenters. The lowest BCUT2D eigenvalue weighted by atomic mass is 10.1. The predicted octanol–water partition coefficient (Wildman–Crippen LogP) is 2.54. The van der Waals surface area contributed by atoms with Crippen LogP contribution in [-0.4, -0.2) is 21.5 Å². The van der Waals surface area contributed by atoms with Gasteiger partial charge in [0, 0.05) is 22.5 Å². The van der Waals surface area contributed by atoms with Gasteiger partial charge in [0.05, 0.1) is 5.75 Å². The van der Waals surface area contributed by atoms with Crippen molar-refractivity contribution in [2.45, 2.75) is 46.0 Å². The Morgan fingerprint density at radius 2 is 2.00 bits per heavy atom. The Labute approximate surface area is 95.3 Å². The van der Waals surface area contributed by atoms with E-state index in [-0.39, 0.29) is 17.5 Å². The molecule has 0 amide bonds. The first-order valence-electron chi connectivity index (χ1n) is 6.01. The van der Waals surface area contributed by atoms with Gasteiger partial charge in [-0.2, -0.15) is 0 Å². The Morgan fingerprint density at radius 1 is 1.40 bits per heavy atom. The van der Waals surface area contributed by atoms with E-state index in [4.69, 9.17) is 0 Å². The first-order valence-corrected chi connectivity index (χ1v) is 7.50. The molecule has 0 saturated heterocycles. The number of rotatable bonds is 6. The van der Waals surface area contributed by atoms with E-state index in [0.29, 0.717) is 5.92 Å². The van der Waals surface area contributed by atoms with E-state index >= 15 is 0 Å². The van der Waals surface area contributed by atoms with E-state index in [2.05, 4.69) is 0 Å². The van der Waals surface area contributed by atoms with Gasteiger partial charge in [-0.25, -0.2) is 0 Å². The van der Waals surface area contributed by atoms with E-state index in [1.54, 1.807) is 0 Å². The van der Waals surface area contributed by atoms with Crippen LogP contribution in [0.3, 0.4) is 0 Å². The van der Waals surface area contributed by atoms with Crippen LogP contribution in [0.15, 0.2) is 0 Å². The second-order valence-electron chi connectivity index (χ2n) is 4.68. The monoisotopic (exact) mass is 230 g/mol. The van der Waals surface area contributed by atoms with Crippen molar-refractivity contribution in [2.24, 2.45) is 11.8 Å². The molecule has 0 aliphatic heterocycles. The summed E-state index contributed by atoms with van der Waals surface area (Å²) in [6.07, 6.45) is 5.84. The maximum atomic E-state index is 11.7. The minimum Gasteiger partial charge on any atom is -0.298 e. The number of carbonyl (C=O) groups excluding carboxylic acids is 1. The maximum absolute atomic E-state index is 11.7. The molecule has 0 bridgehead atoms. The lowest BCUT2D eigenvalue weighted by Gasteiger charge is -2.10. The average Bonchev–Trinajstić information content (AvgIpc) is 2.68. The van der Waals surface area contributed by atoms with Gasteiger partial charge in [0.25, 0.3) is 0 Å². The van der Waals surface area contributed by atoms with E-state index in [1.165, 1.54) is 25.7 Å². The summed E-state index contributed by atoms with van der Waals surface area (Å²) in [7, 11) is -0.912. The summed E-state index contributed by atoms with van der Waals surface area (Å²) in [6, 6.07) is 0. The molecule has 0 radical (unpaired) electrons. The molecular weight excluding hydrogens is 208 g/mol. The summed E-state index contributed by atoms with van der Waals surface area (Å²) in [6.45, 7) is 3.93. The SMILES string of the molecule is CCC(C)C(=O)CS(=O)CC1CCCC1. The van der Waals surface area contributed by atoms with Crippen molar-refractivity contribution in [1.29, 1.82) is 0 Å². The van der Waals surface area contributed by atoms with Gasteiger partial charge in [-0.1, -0.05) is 26.7 Å². The fourth-order valence-corrected chi connectivity index (χ4v) is 3.61. The third-order valence-electron chi connectivity index (χ3n) is 3.36. The van der Waals surface area contributed by atoms with Gasteiger partial charge in [-0.05, 0) is 25.2 Å². The average molecular weight is 230 g/mol. The molecule has 1 saturated carbocycles. The zero-order valence-corrected chi connectivity index (χ0v) is 10.6. The molecule has 0 aromatic carbocycles. The lowest BCUT2D eigenvalue weighted by Crippen LogP contribution is -2.21. The third-order valence-corrected chi connectivity index (χ3v) is 4.81. The highest BCUT2D eigenvalue weighted by Gasteiger charge is 2.20. The number of hydrogen-bond donors (Lipinski definition) is 0. The summed E-state index contributed by atoms with van der Waals surface area (Å²) in [4.78, 5) is 11.6. The van der Waals surface area contributed by atoms with Crippen LogP contribution < -0.4 is 0 Å². The highest BCUT2D eigenvalue weighted by Crippen LogP contribution is 2.25. The summed E-state index contributed by atoms with van der Waals surface area (Å²) in [5, 5.41) is 0. The van der Waals surface area contributed by atoms with Crippen molar-refractivity contribution in [3.05, 3.63) is 0 Å². The molecule has 0 N–H and O–H groups in total. The van der Waals surface area contributed by atoms with Gasteiger partial charge < -0.3 is 0 Å². The zero-order chi connectivity index (χ0) is 11.3. The van der Waals surface area contributed by atoms with Crippen LogP contribution in [0.4, 0.5) is 0 Å². The molecule has 2 unspecified atom stereocenters. The number of ketones is 1. The molecule has 1 aliphatic rings. The highest BCUT2D eigenvalue weighted by atomic mass is 32.2. The summed E-state index contributed by atoms with van der Waals surface area (Å²) >= 11 is 0. The summed E-state index contributed by atoms with van der Waals surface area (Å²) in [5.41, 5.74) is 0. The zero-order valence-electron chi connectivity index (χ0n) is 9.83. The van der Waals surface area contributed by atoms with Crippen molar-refractivity contribution in [2.75, 3.05) is 11.5 Å². The van der Waals surface area contributed by atoms with Crippen LogP contribution in [-0.2, 0) is 15.6 Å². The molecule has 3 heteroatoms. The largest absolute Gasteiger partial charge is 0.298 e.